The lowest BCUT2D eigenvalue weighted by Crippen LogP contribution is -2.28. The highest BCUT2D eigenvalue weighted by atomic mass is 19.1. The zero-order chi connectivity index (χ0) is 15.4. The summed E-state index contributed by atoms with van der Waals surface area (Å²) < 4.78 is 13.8. The molecule has 0 aliphatic rings. The van der Waals surface area contributed by atoms with Gasteiger partial charge in [0.1, 0.15) is 5.82 Å². The highest BCUT2D eigenvalue weighted by Gasteiger charge is 2.19. The van der Waals surface area contributed by atoms with Gasteiger partial charge in [0.25, 0.3) is 0 Å². The van der Waals surface area contributed by atoms with E-state index in [4.69, 9.17) is 5.73 Å². The lowest BCUT2D eigenvalue weighted by Gasteiger charge is -2.28. The standard InChI is InChI=1S/C17H21FN2O/c1-12(13-7-3-5-9-15(13)18)20(2)11-17(21)14-8-4-6-10-16(14)19/h3-10,12,17,21H,11,19H2,1-2H3. The van der Waals surface area contributed by atoms with E-state index >= 15 is 0 Å². The molecule has 112 valence electrons. The van der Waals surface area contributed by atoms with Crippen molar-refractivity contribution in [3.8, 4) is 0 Å². The van der Waals surface area contributed by atoms with Crippen LogP contribution in [-0.4, -0.2) is 23.6 Å². The summed E-state index contributed by atoms with van der Waals surface area (Å²) in [6, 6.07) is 13.8. The molecule has 2 unspecified atom stereocenters. The normalized spacial score (nSPS) is 14.1. The molecule has 0 fully saturated rings. The third-order valence-electron chi connectivity index (χ3n) is 3.83. The van der Waals surface area contributed by atoms with E-state index in [0.29, 0.717) is 23.4 Å². The molecule has 0 aliphatic heterocycles. The zero-order valence-corrected chi connectivity index (χ0v) is 12.3. The Morgan fingerprint density at radius 1 is 1.10 bits per heavy atom. The van der Waals surface area contributed by atoms with Gasteiger partial charge in [-0.05, 0) is 26.1 Å². The number of hydrogen-bond acceptors (Lipinski definition) is 3. The quantitative estimate of drug-likeness (QED) is 0.831. The van der Waals surface area contributed by atoms with E-state index in [1.807, 2.05) is 43.1 Å². The van der Waals surface area contributed by atoms with E-state index in [0.717, 1.165) is 0 Å². The molecule has 0 saturated heterocycles. The van der Waals surface area contributed by atoms with Gasteiger partial charge in [-0.15, -0.1) is 0 Å². The average molecular weight is 288 g/mol. The van der Waals surface area contributed by atoms with Gasteiger partial charge in [0.05, 0.1) is 6.10 Å². The van der Waals surface area contributed by atoms with Crippen LogP contribution in [0.5, 0.6) is 0 Å². The molecular formula is C17H21FN2O. The number of benzene rings is 2. The first-order valence-electron chi connectivity index (χ1n) is 6.98. The number of nitrogens with zero attached hydrogens (tertiary/aromatic N) is 1. The van der Waals surface area contributed by atoms with Gasteiger partial charge >= 0.3 is 0 Å². The van der Waals surface area contributed by atoms with Gasteiger partial charge in [0.2, 0.25) is 0 Å². The Bertz CT molecular complexity index is 603. The van der Waals surface area contributed by atoms with E-state index in [1.165, 1.54) is 6.07 Å². The molecule has 2 atom stereocenters. The number of rotatable bonds is 5. The Balaban J connectivity index is 2.09. The summed E-state index contributed by atoms with van der Waals surface area (Å²) in [5.74, 6) is -0.231. The maximum absolute atomic E-state index is 13.8. The molecule has 0 saturated carbocycles. The van der Waals surface area contributed by atoms with Gasteiger partial charge in [-0.2, -0.15) is 0 Å². The Morgan fingerprint density at radius 3 is 2.29 bits per heavy atom. The average Bonchev–Trinajstić information content (AvgIpc) is 2.47. The number of aliphatic hydroxyl groups is 1. The fourth-order valence-corrected chi connectivity index (χ4v) is 2.39. The van der Waals surface area contributed by atoms with Crippen molar-refractivity contribution in [1.82, 2.24) is 4.90 Å². The van der Waals surface area contributed by atoms with Crippen LogP contribution in [0, 0.1) is 5.82 Å². The second-order valence-corrected chi connectivity index (χ2v) is 5.28. The van der Waals surface area contributed by atoms with Crippen LogP contribution in [0.2, 0.25) is 0 Å². The summed E-state index contributed by atoms with van der Waals surface area (Å²) in [6.07, 6.45) is -0.703. The van der Waals surface area contributed by atoms with Crippen molar-refractivity contribution in [3.63, 3.8) is 0 Å². The first kappa shape index (κ1) is 15.5. The van der Waals surface area contributed by atoms with Gasteiger partial charge in [-0.3, -0.25) is 4.90 Å². The molecule has 2 rings (SSSR count). The van der Waals surface area contributed by atoms with E-state index < -0.39 is 6.10 Å². The molecule has 4 heteroatoms. The van der Waals surface area contributed by atoms with Crippen LogP contribution >= 0.6 is 0 Å². The molecule has 0 aromatic heterocycles. The van der Waals surface area contributed by atoms with Gasteiger partial charge in [0, 0.05) is 29.4 Å². The van der Waals surface area contributed by atoms with Crippen molar-refractivity contribution in [2.45, 2.75) is 19.1 Å². The van der Waals surface area contributed by atoms with Crippen molar-refractivity contribution in [2.75, 3.05) is 19.3 Å². The molecule has 0 aliphatic carbocycles. The highest BCUT2D eigenvalue weighted by molar-refractivity contribution is 5.47. The van der Waals surface area contributed by atoms with Crippen LogP contribution in [0.1, 0.15) is 30.2 Å². The van der Waals surface area contributed by atoms with E-state index in [1.54, 1.807) is 18.2 Å². The number of nitrogen functional groups attached to an aromatic ring is 1. The molecule has 0 heterocycles. The van der Waals surface area contributed by atoms with Crippen molar-refractivity contribution in [3.05, 3.63) is 65.5 Å². The molecule has 0 amide bonds. The lowest BCUT2D eigenvalue weighted by molar-refractivity contribution is 0.108. The maximum atomic E-state index is 13.8. The molecule has 2 aromatic rings. The van der Waals surface area contributed by atoms with E-state index in [9.17, 15) is 9.50 Å². The maximum Gasteiger partial charge on any atom is 0.127 e. The molecule has 21 heavy (non-hydrogen) atoms. The Kier molecular flexibility index (Phi) is 4.94. The first-order chi connectivity index (χ1) is 10.0. The minimum atomic E-state index is -0.703. The SMILES string of the molecule is CC(c1ccccc1F)N(C)CC(O)c1ccccc1N. The summed E-state index contributed by atoms with van der Waals surface area (Å²) in [5, 5.41) is 10.3. The zero-order valence-electron chi connectivity index (χ0n) is 12.3. The summed E-state index contributed by atoms with van der Waals surface area (Å²) >= 11 is 0. The molecule has 0 radical (unpaired) electrons. The fraction of sp³-hybridized carbons (Fsp3) is 0.294. The van der Waals surface area contributed by atoms with Gasteiger partial charge < -0.3 is 10.8 Å². The third kappa shape index (κ3) is 3.60. The summed E-state index contributed by atoms with van der Waals surface area (Å²) in [5.41, 5.74) is 7.75. The molecular weight excluding hydrogens is 267 g/mol. The van der Waals surface area contributed by atoms with Crippen LogP contribution in [0.25, 0.3) is 0 Å². The second-order valence-electron chi connectivity index (χ2n) is 5.28. The number of likely N-dealkylation sites (N-methyl/N-ethyl adjacent to an activating group) is 1. The highest BCUT2D eigenvalue weighted by Crippen LogP contribution is 2.26. The lowest BCUT2D eigenvalue weighted by atomic mass is 10.0. The van der Waals surface area contributed by atoms with Crippen molar-refractivity contribution in [1.29, 1.82) is 0 Å². The first-order valence-corrected chi connectivity index (χ1v) is 6.98. The number of aliphatic hydroxyl groups excluding tert-OH is 1. The third-order valence-corrected chi connectivity index (χ3v) is 3.83. The monoisotopic (exact) mass is 288 g/mol. The molecule has 0 spiro atoms. The van der Waals surface area contributed by atoms with Crippen molar-refractivity contribution >= 4 is 5.69 Å². The van der Waals surface area contributed by atoms with Crippen LogP contribution in [0.4, 0.5) is 10.1 Å². The Hall–Kier alpha value is -1.91. The van der Waals surface area contributed by atoms with Gasteiger partial charge in [-0.1, -0.05) is 36.4 Å². The second kappa shape index (κ2) is 6.70. The summed E-state index contributed by atoms with van der Waals surface area (Å²) in [7, 11) is 1.86. The summed E-state index contributed by atoms with van der Waals surface area (Å²) in [4.78, 5) is 1.91. The van der Waals surface area contributed by atoms with Crippen molar-refractivity contribution < 1.29 is 9.50 Å². The topological polar surface area (TPSA) is 49.5 Å². The number of hydrogen-bond donors (Lipinski definition) is 2. The summed E-state index contributed by atoms with van der Waals surface area (Å²) in [6.45, 7) is 2.29. The Morgan fingerprint density at radius 2 is 1.67 bits per heavy atom. The number of para-hydroxylation sites is 1. The van der Waals surface area contributed by atoms with E-state index in [2.05, 4.69) is 0 Å². The van der Waals surface area contributed by atoms with Crippen molar-refractivity contribution in [2.24, 2.45) is 0 Å². The Labute approximate surface area is 124 Å². The predicted octanol–water partition coefficient (Wildman–Crippen LogP) is 3.13. The minimum absolute atomic E-state index is 0.134. The largest absolute Gasteiger partial charge is 0.398 e. The fourth-order valence-electron chi connectivity index (χ4n) is 2.39. The van der Waals surface area contributed by atoms with E-state index in [-0.39, 0.29) is 11.9 Å². The van der Waals surface area contributed by atoms with Crippen LogP contribution in [-0.2, 0) is 0 Å². The van der Waals surface area contributed by atoms with Crippen LogP contribution in [0.3, 0.4) is 0 Å². The smallest absolute Gasteiger partial charge is 0.127 e. The number of nitrogens with two attached hydrogens (primary N) is 1. The number of halogens is 1. The predicted molar refractivity (Wildman–Crippen MR) is 83.3 cm³/mol. The van der Waals surface area contributed by atoms with Gasteiger partial charge in [0.15, 0.2) is 0 Å². The van der Waals surface area contributed by atoms with Crippen LogP contribution < -0.4 is 5.73 Å². The molecule has 3 nitrogen and oxygen atoms in total. The molecule has 0 bridgehead atoms. The molecule has 2 aromatic carbocycles. The number of anilines is 1. The molecule has 3 N–H and O–H groups in total. The van der Waals surface area contributed by atoms with Crippen LogP contribution in [0.15, 0.2) is 48.5 Å². The van der Waals surface area contributed by atoms with Gasteiger partial charge in [-0.25, -0.2) is 4.39 Å². The minimum Gasteiger partial charge on any atom is -0.398 e.